The van der Waals surface area contributed by atoms with Crippen molar-refractivity contribution in [1.29, 1.82) is 0 Å². The Hall–Kier alpha value is -1.90. The number of carbonyl (C=O) groups excluding carboxylic acids is 1. The Bertz CT molecular complexity index is 989. The van der Waals surface area contributed by atoms with Crippen LogP contribution in [0.2, 0.25) is 5.02 Å². The van der Waals surface area contributed by atoms with E-state index in [4.69, 9.17) is 16.3 Å². The van der Waals surface area contributed by atoms with Crippen LogP contribution in [0.3, 0.4) is 0 Å². The van der Waals surface area contributed by atoms with Gasteiger partial charge in [0.2, 0.25) is 0 Å². The molecule has 0 aromatic heterocycles. The molecule has 2 aromatic rings. The first kappa shape index (κ1) is 20.8. The third kappa shape index (κ3) is 4.39. The van der Waals surface area contributed by atoms with E-state index in [-0.39, 0.29) is 16.5 Å². The number of carbonyl (C=O) groups is 1. The molecule has 0 atom stereocenters. The summed E-state index contributed by atoms with van der Waals surface area (Å²) < 4.78 is 33.6. The third-order valence-electron chi connectivity index (χ3n) is 4.51. The van der Waals surface area contributed by atoms with Crippen molar-refractivity contribution in [3.05, 3.63) is 47.0 Å². The predicted octanol–water partition coefficient (Wildman–Crippen LogP) is 4.11. The number of halogens is 1. The summed E-state index contributed by atoms with van der Waals surface area (Å²) in [7, 11) is -2.49. The van der Waals surface area contributed by atoms with Gasteiger partial charge >= 0.3 is 0 Å². The Morgan fingerprint density at radius 3 is 2.54 bits per heavy atom. The average molecular weight is 441 g/mol. The number of thioether (sulfide) groups is 1. The summed E-state index contributed by atoms with van der Waals surface area (Å²) in [5.74, 6) is 0.210. The van der Waals surface area contributed by atoms with E-state index in [2.05, 4.69) is 4.72 Å². The highest BCUT2D eigenvalue weighted by Gasteiger charge is 2.25. The molecule has 1 aliphatic rings. The topological polar surface area (TPSA) is 75.7 Å². The van der Waals surface area contributed by atoms with Crippen LogP contribution in [0.1, 0.15) is 23.2 Å². The van der Waals surface area contributed by atoms with Gasteiger partial charge in [-0.1, -0.05) is 11.6 Å². The van der Waals surface area contributed by atoms with Crippen molar-refractivity contribution in [3.63, 3.8) is 0 Å². The first-order chi connectivity index (χ1) is 13.4. The largest absolute Gasteiger partial charge is 0.495 e. The van der Waals surface area contributed by atoms with E-state index < -0.39 is 10.0 Å². The maximum absolute atomic E-state index is 12.9. The standard InChI is InChI=1S/C19H21ClN2O4S2/c1-26-17-7-5-13(20)11-16(17)21-28(24,25)14-6-8-18(27-2)15(12-14)19(23)22-9-3-4-10-22/h5-8,11-12,21H,3-4,9-10H2,1-2H3. The number of rotatable bonds is 6. The van der Waals surface area contributed by atoms with Gasteiger partial charge in [0.1, 0.15) is 5.75 Å². The van der Waals surface area contributed by atoms with Gasteiger partial charge in [-0.3, -0.25) is 9.52 Å². The molecule has 28 heavy (non-hydrogen) atoms. The lowest BCUT2D eigenvalue weighted by Gasteiger charge is -2.18. The summed E-state index contributed by atoms with van der Waals surface area (Å²) in [6.45, 7) is 1.39. The zero-order chi connectivity index (χ0) is 20.3. The smallest absolute Gasteiger partial charge is 0.262 e. The molecule has 1 amide bonds. The van der Waals surface area contributed by atoms with Crippen LogP contribution in [0, 0.1) is 0 Å². The fourth-order valence-electron chi connectivity index (χ4n) is 3.08. The monoisotopic (exact) mass is 440 g/mol. The summed E-state index contributed by atoms with van der Waals surface area (Å²) in [4.78, 5) is 15.4. The predicted molar refractivity (Wildman–Crippen MR) is 112 cm³/mol. The minimum absolute atomic E-state index is 0.00914. The molecule has 0 spiro atoms. The molecule has 1 N–H and O–H groups in total. The summed E-state index contributed by atoms with van der Waals surface area (Å²) in [5.41, 5.74) is 0.631. The first-order valence-electron chi connectivity index (χ1n) is 8.69. The summed E-state index contributed by atoms with van der Waals surface area (Å²) in [6, 6.07) is 9.26. The van der Waals surface area contributed by atoms with Crippen molar-refractivity contribution in [2.24, 2.45) is 0 Å². The van der Waals surface area contributed by atoms with E-state index in [1.165, 1.54) is 37.1 Å². The van der Waals surface area contributed by atoms with Crippen LogP contribution in [0.25, 0.3) is 0 Å². The number of ether oxygens (including phenoxy) is 1. The minimum atomic E-state index is -3.94. The maximum atomic E-state index is 12.9. The van der Waals surface area contributed by atoms with Crippen LogP contribution >= 0.6 is 23.4 Å². The highest BCUT2D eigenvalue weighted by atomic mass is 35.5. The molecule has 1 fully saturated rings. The molecule has 150 valence electrons. The summed E-state index contributed by atoms with van der Waals surface area (Å²) in [5, 5.41) is 0.376. The molecule has 0 saturated carbocycles. The lowest BCUT2D eigenvalue weighted by atomic mass is 10.2. The number of amides is 1. The fourth-order valence-corrected chi connectivity index (χ4v) is 4.91. The number of methoxy groups -OCH3 is 1. The molecule has 0 bridgehead atoms. The van der Waals surface area contributed by atoms with Gasteiger partial charge < -0.3 is 9.64 Å². The van der Waals surface area contributed by atoms with Crippen LogP contribution in [-0.4, -0.2) is 45.7 Å². The Kier molecular flexibility index (Phi) is 6.42. The molecular weight excluding hydrogens is 420 g/mol. The van der Waals surface area contributed by atoms with Crippen LogP contribution in [0.5, 0.6) is 5.75 Å². The van der Waals surface area contributed by atoms with Gasteiger partial charge in [-0.25, -0.2) is 8.42 Å². The van der Waals surface area contributed by atoms with E-state index in [0.29, 0.717) is 29.4 Å². The van der Waals surface area contributed by atoms with E-state index in [9.17, 15) is 13.2 Å². The molecule has 1 saturated heterocycles. The number of nitrogens with one attached hydrogen (secondary N) is 1. The summed E-state index contributed by atoms with van der Waals surface area (Å²) in [6.07, 6.45) is 3.79. The molecule has 9 heteroatoms. The Labute approximate surface area is 174 Å². The van der Waals surface area contributed by atoms with Gasteiger partial charge in [0.15, 0.2) is 0 Å². The van der Waals surface area contributed by atoms with Gasteiger partial charge in [-0.05, 0) is 55.5 Å². The molecular formula is C19H21ClN2O4S2. The van der Waals surface area contributed by atoms with Gasteiger partial charge in [0, 0.05) is 23.0 Å². The van der Waals surface area contributed by atoms with Gasteiger partial charge in [0.25, 0.3) is 15.9 Å². The maximum Gasteiger partial charge on any atom is 0.262 e. The van der Waals surface area contributed by atoms with Crippen LogP contribution in [-0.2, 0) is 10.0 Å². The Morgan fingerprint density at radius 2 is 1.89 bits per heavy atom. The Morgan fingerprint density at radius 1 is 1.18 bits per heavy atom. The minimum Gasteiger partial charge on any atom is -0.495 e. The number of anilines is 1. The van der Waals surface area contributed by atoms with Gasteiger partial charge in [-0.15, -0.1) is 11.8 Å². The molecule has 0 unspecified atom stereocenters. The molecule has 6 nitrogen and oxygen atoms in total. The highest BCUT2D eigenvalue weighted by molar-refractivity contribution is 7.98. The zero-order valence-electron chi connectivity index (χ0n) is 15.6. The van der Waals surface area contributed by atoms with Gasteiger partial charge in [-0.2, -0.15) is 0 Å². The Balaban J connectivity index is 1.97. The molecule has 1 aliphatic heterocycles. The van der Waals surface area contributed by atoms with Crippen LogP contribution in [0.4, 0.5) is 5.69 Å². The van der Waals surface area contributed by atoms with Crippen molar-refractivity contribution in [3.8, 4) is 5.75 Å². The van der Waals surface area contributed by atoms with E-state index in [1.54, 1.807) is 23.1 Å². The lowest BCUT2D eigenvalue weighted by Crippen LogP contribution is -2.28. The van der Waals surface area contributed by atoms with Crippen LogP contribution in [0.15, 0.2) is 46.2 Å². The van der Waals surface area contributed by atoms with Crippen molar-refractivity contribution in [1.82, 2.24) is 4.90 Å². The fraction of sp³-hybridized carbons (Fsp3) is 0.316. The summed E-state index contributed by atoms with van der Waals surface area (Å²) >= 11 is 7.40. The van der Waals surface area contributed by atoms with E-state index >= 15 is 0 Å². The quantitative estimate of drug-likeness (QED) is 0.684. The molecule has 3 rings (SSSR count). The number of benzene rings is 2. The number of hydrogen-bond acceptors (Lipinski definition) is 5. The van der Waals surface area contributed by atoms with E-state index in [0.717, 1.165) is 17.7 Å². The lowest BCUT2D eigenvalue weighted by molar-refractivity contribution is 0.0789. The van der Waals surface area contributed by atoms with Crippen molar-refractivity contribution in [2.45, 2.75) is 22.6 Å². The van der Waals surface area contributed by atoms with Crippen molar-refractivity contribution in [2.75, 3.05) is 31.2 Å². The highest BCUT2D eigenvalue weighted by Crippen LogP contribution is 2.31. The molecule has 0 aliphatic carbocycles. The van der Waals surface area contributed by atoms with Crippen molar-refractivity contribution >= 4 is 45.0 Å². The van der Waals surface area contributed by atoms with E-state index in [1.807, 2.05) is 6.26 Å². The number of nitrogens with zero attached hydrogens (tertiary/aromatic N) is 1. The second-order valence-corrected chi connectivity index (χ2v) is 9.28. The number of likely N-dealkylation sites (tertiary alicyclic amines) is 1. The molecule has 2 aromatic carbocycles. The third-order valence-corrected chi connectivity index (χ3v) is 6.90. The first-order valence-corrected chi connectivity index (χ1v) is 11.8. The number of hydrogen-bond donors (Lipinski definition) is 1. The van der Waals surface area contributed by atoms with Crippen LogP contribution < -0.4 is 9.46 Å². The number of sulfonamides is 1. The molecule has 0 radical (unpaired) electrons. The normalized spacial score (nSPS) is 14.2. The average Bonchev–Trinajstić information content (AvgIpc) is 3.21. The second-order valence-electron chi connectivity index (χ2n) is 6.31. The second kappa shape index (κ2) is 8.63. The SMILES string of the molecule is COc1ccc(Cl)cc1NS(=O)(=O)c1ccc(SC)c(C(=O)N2CCCC2)c1. The zero-order valence-corrected chi connectivity index (χ0v) is 18.0. The molecule has 1 heterocycles. The van der Waals surface area contributed by atoms with Crippen molar-refractivity contribution < 1.29 is 17.9 Å². The van der Waals surface area contributed by atoms with Gasteiger partial charge in [0.05, 0.1) is 23.3 Å².